The van der Waals surface area contributed by atoms with Crippen LogP contribution in [0, 0.1) is 0 Å². The largest absolute Gasteiger partial charge is 0.564 e. The van der Waals surface area contributed by atoms with Crippen LogP contribution in [-0.2, 0) is 37.7 Å². The number of rotatable bonds is 12. The molecule has 2 aliphatic heterocycles. The Morgan fingerprint density at radius 2 is 1.36 bits per heavy atom. The van der Waals surface area contributed by atoms with Crippen LogP contribution in [0.15, 0.2) is 60.7 Å². The van der Waals surface area contributed by atoms with Crippen LogP contribution in [0.1, 0.15) is 20.8 Å². The predicted molar refractivity (Wildman–Crippen MR) is 140 cm³/mol. The van der Waals surface area contributed by atoms with Gasteiger partial charge < -0.3 is 37.6 Å². The highest BCUT2D eigenvalue weighted by Gasteiger charge is 2.53. The molecule has 2 aliphatic rings. The fraction of sp³-hybridized carbons (Fsp3) is 0.500. The first kappa shape index (κ1) is 29.0. The molecule has 0 spiro atoms. The third-order valence-corrected chi connectivity index (χ3v) is 8.38. The zero-order chi connectivity index (χ0) is 27.6. The van der Waals surface area contributed by atoms with Gasteiger partial charge in [0.05, 0.1) is 6.61 Å². The Morgan fingerprint density at radius 3 is 1.90 bits per heavy atom. The zero-order valence-corrected chi connectivity index (χ0v) is 23.4. The van der Waals surface area contributed by atoms with E-state index >= 15 is 0 Å². The van der Waals surface area contributed by atoms with Crippen molar-refractivity contribution in [3.63, 3.8) is 0 Å². The van der Waals surface area contributed by atoms with Crippen molar-refractivity contribution in [1.82, 2.24) is 0 Å². The topological polar surface area (TPSA) is 108 Å². The van der Waals surface area contributed by atoms with Gasteiger partial charge in [-0.15, -0.1) is 9.04 Å². The molecule has 0 radical (unpaired) electrons. The summed E-state index contributed by atoms with van der Waals surface area (Å²) in [6.45, 7) is 5.32. The van der Waals surface area contributed by atoms with Gasteiger partial charge >= 0.3 is 11.9 Å². The molecular formula is C28H35O10Si-. The average Bonchev–Trinajstić information content (AvgIpc) is 2.96. The van der Waals surface area contributed by atoms with Gasteiger partial charge in [-0.2, -0.15) is 12.1 Å². The van der Waals surface area contributed by atoms with Gasteiger partial charge in [0.1, 0.15) is 23.7 Å². The van der Waals surface area contributed by atoms with Gasteiger partial charge in [-0.25, -0.2) is 9.59 Å². The molecule has 6 unspecified atom stereocenters. The summed E-state index contributed by atoms with van der Waals surface area (Å²) >= 11 is 0. The molecule has 2 aromatic carbocycles. The maximum absolute atomic E-state index is 12.9. The Bertz CT molecular complexity index is 1040. The Labute approximate surface area is 230 Å². The fourth-order valence-corrected chi connectivity index (χ4v) is 5.64. The Balaban J connectivity index is 1.52. The Hall–Kier alpha value is -2.96. The SMILES string of the molecule is CC[Si-](CC)OC1OC2COC(C)OC2C(OC(=O)COc2ccccc2)C1OC(=O)COc1ccccc1. The van der Waals surface area contributed by atoms with Crippen LogP contribution in [0.5, 0.6) is 11.5 Å². The van der Waals surface area contributed by atoms with E-state index in [9.17, 15) is 9.59 Å². The van der Waals surface area contributed by atoms with Crippen molar-refractivity contribution in [1.29, 1.82) is 0 Å². The van der Waals surface area contributed by atoms with Gasteiger partial charge in [-0.3, -0.25) is 0 Å². The van der Waals surface area contributed by atoms with E-state index in [2.05, 4.69) is 0 Å². The minimum absolute atomic E-state index is 0.207. The highest BCUT2D eigenvalue weighted by atomic mass is 28.3. The molecule has 0 saturated carbocycles. The summed E-state index contributed by atoms with van der Waals surface area (Å²) in [4.78, 5) is 25.9. The molecule has 2 aromatic rings. The molecule has 212 valence electrons. The predicted octanol–water partition coefficient (Wildman–Crippen LogP) is 3.50. The number of ether oxygens (including phenoxy) is 7. The van der Waals surface area contributed by atoms with Crippen LogP contribution >= 0.6 is 0 Å². The fourth-order valence-electron chi connectivity index (χ4n) is 4.29. The Morgan fingerprint density at radius 1 is 0.821 bits per heavy atom. The first-order valence-electron chi connectivity index (χ1n) is 13.1. The first-order chi connectivity index (χ1) is 19.0. The van der Waals surface area contributed by atoms with E-state index in [1.807, 2.05) is 26.0 Å². The van der Waals surface area contributed by atoms with Crippen LogP contribution in [0.3, 0.4) is 0 Å². The van der Waals surface area contributed by atoms with Gasteiger partial charge in [-0.05, 0) is 31.2 Å². The van der Waals surface area contributed by atoms with E-state index in [1.54, 1.807) is 55.5 Å². The molecule has 39 heavy (non-hydrogen) atoms. The second kappa shape index (κ2) is 14.4. The van der Waals surface area contributed by atoms with E-state index in [1.165, 1.54) is 0 Å². The smallest absolute Gasteiger partial charge is 0.344 e. The van der Waals surface area contributed by atoms with Gasteiger partial charge in [0.25, 0.3) is 0 Å². The van der Waals surface area contributed by atoms with E-state index < -0.39 is 58.0 Å². The normalized spacial score (nSPS) is 26.4. The molecule has 0 aromatic heterocycles. The number of para-hydroxylation sites is 2. The highest BCUT2D eigenvalue weighted by molar-refractivity contribution is 6.51. The molecule has 2 saturated heterocycles. The monoisotopic (exact) mass is 559 g/mol. The molecular weight excluding hydrogens is 524 g/mol. The number of esters is 2. The molecule has 2 heterocycles. The van der Waals surface area contributed by atoms with E-state index in [0.29, 0.717) is 11.5 Å². The van der Waals surface area contributed by atoms with Crippen LogP contribution < -0.4 is 9.47 Å². The summed E-state index contributed by atoms with van der Waals surface area (Å²) in [7, 11) is -1.28. The van der Waals surface area contributed by atoms with E-state index in [4.69, 9.17) is 37.6 Å². The standard InChI is InChI=1S/C28H35O10Si/c1-4-39(5-2)38-28-27(37-24(30)18-33-21-14-10-7-11-15-21)26(25-22(35-28)16-31-19(3)34-25)36-23(29)17-32-20-12-8-6-9-13-20/h6-15,19,22,25-28H,4-5,16-18H2,1-3H3/q-1. The van der Waals surface area contributed by atoms with E-state index in [-0.39, 0.29) is 19.8 Å². The minimum atomic E-state index is -1.28. The van der Waals surface area contributed by atoms with E-state index in [0.717, 1.165) is 12.1 Å². The summed E-state index contributed by atoms with van der Waals surface area (Å²) in [6.07, 6.45) is -5.01. The van der Waals surface area contributed by atoms with Crippen molar-refractivity contribution in [2.24, 2.45) is 0 Å². The van der Waals surface area contributed by atoms with Crippen molar-refractivity contribution < 1.29 is 47.2 Å². The number of carbonyl (C=O) groups is 2. The van der Waals surface area contributed by atoms with Crippen molar-refractivity contribution in [3.05, 3.63) is 60.7 Å². The van der Waals surface area contributed by atoms with Crippen molar-refractivity contribution >= 4 is 21.0 Å². The van der Waals surface area contributed by atoms with Crippen molar-refractivity contribution in [3.8, 4) is 11.5 Å². The quantitative estimate of drug-likeness (QED) is 0.283. The maximum atomic E-state index is 12.9. The van der Waals surface area contributed by atoms with Crippen LogP contribution in [0.2, 0.25) is 12.1 Å². The first-order valence-corrected chi connectivity index (χ1v) is 15.0. The van der Waals surface area contributed by atoms with Crippen molar-refractivity contribution in [2.75, 3.05) is 19.8 Å². The average molecular weight is 560 g/mol. The number of benzene rings is 2. The number of carbonyl (C=O) groups excluding carboxylic acids is 2. The minimum Gasteiger partial charge on any atom is -0.564 e. The summed E-state index contributed by atoms with van der Waals surface area (Å²) in [5.41, 5.74) is 0. The molecule has 6 atom stereocenters. The second-order valence-corrected chi connectivity index (χ2v) is 11.7. The molecule has 0 amide bonds. The lowest BCUT2D eigenvalue weighted by atomic mass is 9.97. The molecule has 4 rings (SSSR count). The molecule has 2 fully saturated rings. The lowest BCUT2D eigenvalue weighted by Gasteiger charge is -2.50. The number of hydrogen-bond donors (Lipinski definition) is 0. The number of hydrogen-bond acceptors (Lipinski definition) is 10. The Kier molecular flexibility index (Phi) is 10.7. The maximum Gasteiger partial charge on any atom is 0.344 e. The van der Waals surface area contributed by atoms with Crippen LogP contribution in [0.4, 0.5) is 0 Å². The summed E-state index contributed by atoms with van der Waals surface area (Å²) < 4.78 is 47.0. The van der Waals surface area contributed by atoms with Gasteiger partial charge in [0.15, 0.2) is 38.0 Å². The molecule has 10 nitrogen and oxygen atoms in total. The molecule has 0 bridgehead atoms. The van der Waals surface area contributed by atoms with Gasteiger partial charge in [0.2, 0.25) is 0 Å². The van der Waals surface area contributed by atoms with Gasteiger partial charge in [-0.1, -0.05) is 50.2 Å². The van der Waals surface area contributed by atoms with Gasteiger partial charge in [0, 0.05) is 0 Å². The third kappa shape index (κ3) is 8.26. The molecule has 0 aliphatic carbocycles. The van der Waals surface area contributed by atoms with Crippen LogP contribution in [-0.4, -0.2) is 77.8 Å². The van der Waals surface area contributed by atoms with Crippen molar-refractivity contribution in [2.45, 2.75) is 69.9 Å². The zero-order valence-electron chi connectivity index (χ0n) is 22.4. The molecule has 11 heteroatoms. The highest BCUT2D eigenvalue weighted by Crippen LogP contribution is 2.33. The third-order valence-electron chi connectivity index (χ3n) is 6.24. The number of fused-ring (bicyclic) bond motifs is 1. The second-order valence-electron chi connectivity index (χ2n) is 9.02. The van der Waals surface area contributed by atoms with Crippen LogP contribution in [0.25, 0.3) is 0 Å². The lowest BCUT2D eigenvalue weighted by molar-refractivity contribution is -0.347. The lowest BCUT2D eigenvalue weighted by Crippen LogP contribution is -2.65. The summed E-state index contributed by atoms with van der Waals surface area (Å²) in [6, 6.07) is 19.5. The summed E-state index contributed by atoms with van der Waals surface area (Å²) in [5.74, 6) is -0.269. The molecule has 0 N–H and O–H groups in total. The summed E-state index contributed by atoms with van der Waals surface area (Å²) in [5, 5.41) is 0.